The molecule has 160 valence electrons. The monoisotopic (exact) mass is 422 g/mol. The first-order valence-electron chi connectivity index (χ1n) is 9.94. The Balaban J connectivity index is 1.45. The Morgan fingerprint density at radius 1 is 1.16 bits per heavy atom. The molecule has 1 aromatic heterocycles. The number of benzene rings is 2. The largest absolute Gasteiger partial charge is 0.497 e. The summed E-state index contributed by atoms with van der Waals surface area (Å²) >= 11 is 0. The lowest BCUT2D eigenvalue weighted by Crippen LogP contribution is -2.28. The summed E-state index contributed by atoms with van der Waals surface area (Å²) in [6, 6.07) is 13.4. The van der Waals surface area contributed by atoms with E-state index in [2.05, 4.69) is 10.4 Å². The second-order valence-corrected chi connectivity index (χ2v) is 7.60. The fraction of sp³-hybridized carbons (Fsp3) is 0.261. The van der Waals surface area contributed by atoms with Crippen molar-refractivity contribution in [2.45, 2.75) is 20.3 Å². The van der Waals surface area contributed by atoms with Crippen LogP contribution in [0.15, 0.2) is 48.5 Å². The summed E-state index contributed by atoms with van der Waals surface area (Å²) in [6.45, 7) is 3.96. The van der Waals surface area contributed by atoms with Gasteiger partial charge in [0.15, 0.2) is 5.82 Å². The molecule has 0 bridgehead atoms. The lowest BCUT2D eigenvalue weighted by molar-refractivity contribution is -0.122. The van der Waals surface area contributed by atoms with E-state index >= 15 is 0 Å². The normalized spacial score (nSPS) is 15.9. The van der Waals surface area contributed by atoms with Crippen molar-refractivity contribution in [3.05, 3.63) is 65.7 Å². The number of amides is 2. The number of carbonyl (C=O) groups is 2. The van der Waals surface area contributed by atoms with E-state index in [-0.39, 0.29) is 24.8 Å². The molecule has 1 fully saturated rings. The van der Waals surface area contributed by atoms with Crippen molar-refractivity contribution >= 4 is 23.2 Å². The van der Waals surface area contributed by atoms with E-state index in [0.717, 1.165) is 11.4 Å². The van der Waals surface area contributed by atoms with Gasteiger partial charge in [0.1, 0.15) is 11.4 Å². The first-order chi connectivity index (χ1) is 14.9. The van der Waals surface area contributed by atoms with Gasteiger partial charge in [-0.3, -0.25) is 9.59 Å². The van der Waals surface area contributed by atoms with Crippen molar-refractivity contribution in [2.75, 3.05) is 23.9 Å². The number of halogens is 1. The molecule has 0 spiro atoms. The lowest BCUT2D eigenvalue weighted by atomic mass is 10.1. The molecule has 0 saturated carbocycles. The van der Waals surface area contributed by atoms with Crippen LogP contribution in [0.25, 0.3) is 5.69 Å². The molecule has 1 saturated heterocycles. The smallest absolute Gasteiger partial charge is 0.229 e. The maximum Gasteiger partial charge on any atom is 0.229 e. The van der Waals surface area contributed by atoms with Crippen LogP contribution in [0.5, 0.6) is 5.75 Å². The van der Waals surface area contributed by atoms with E-state index in [4.69, 9.17) is 4.74 Å². The second-order valence-electron chi connectivity index (χ2n) is 7.60. The van der Waals surface area contributed by atoms with Crippen LogP contribution in [-0.4, -0.2) is 35.2 Å². The summed E-state index contributed by atoms with van der Waals surface area (Å²) < 4.78 is 21.3. The fourth-order valence-corrected chi connectivity index (χ4v) is 3.77. The van der Waals surface area contributed by atoms with E-state index in [0.29, 0.717) is 22.8 Å². The highest BCUT2D eigenvalue weighted by molar-refractivity contribution is 6.03. The minimum absolute atomic E-state index is 0.101. The van der Waals surface area contributed by atoms with E-state index in [9.17, 15) is 14.0 Å². The molecule has 1 unspecified atom stereocenters. The van der Waals surface area contributed by atoms with Crippen molar-refractivity contribution in [3.63, 3.8) is 0 Å². The van der Waals surface area contributed by atoms with Crippen molar-refractivity contribution < 1.29 is 18.7 Å². The highest BCUT2D eigenvalue weighted by atomic mass is 19.1. The molecule has 7 nitrogen and oxygen atoms in total. The molecule has 31 heavy (non-hydrogen) atoms. The molecule has 1 aliphatic rings. The summed E-state index contributed by atoms with van der Waals surface area (Å²) in [4.78, 5) is 26.7. The first kappa shape index (κ1) is 20.6. The van der Waals surface area contributed by atoms with E-state index in [1.807, 2.05) is 19.9 Å². The van der Waals surface area contributed by atoms with Crippen LogP contribution in [0.3, 0.4) is 0 Å². The maximum absolute atomic E-state index is 14.7. The van der Waals surface area contributed by atoms with Gasteiger partial charge in [-0.15, -0.1) is 0 Å². The van der Waals surface area contributed by atoms with Gasteiger partial charge < -0.3 is 15.0 Å². The standard InChI is InChI=1S/C23H23FN4O3/c1-14-10-15(2)28(26-14)21-9-4-17(12-20(21)24)25-23(30)16-11-22(29)27(13-16)18-5-7-19(31-3)8-6-18/h4-10,12,16H,11,13H2,1-3H3,(H,25,30). The lowest BCUT2D eigenvalue weighted by Gasteiger charge is -2.17. The third-order valence-corrected chi connectivity index (χ3v) is 5.33. The van der Waals surface area contributed by atoms with Gasteiger partial charge in [-0.05, 0) is 62.4 Å². The van der Waals surface area contributed by atoms with Crippen molar-refractivity contribution in [1.82, 2.24) is 9.78 Å². The minimum Gasteiger partial charge on any atom is -0.497 e. The number of carbonyl (C=O) groups excluding carboxylic acids is 2. The zero-order valence-electron chi connectivity index (χ0n) is 17.6. The van der Waals surface area contributed by atoms with E-state index in [1.165, 1.54) is 10.7 Å². The summed E-state index contributed by atoms with van der Waals surface area (Å²) in [5.74, 6) is -0.769. The van der Waals surface area contributed by atoms with E-state index < -0.39 is 11.7 Å². The molecule has 1 atom stereocenters. The Morgan fingerprint density at radius 3 is 2.52 bits per heavy atom. The molecular formula is C23H23FN4O3. The Morgan fingerprint density at radius 2 is 1.90 bits per heavy atom. The Kier molecular flexibility index (Phi) is 5.46. The quantitative estimate of drug-likeness (QED) is 0.681. The number of hydrogen-bond donors (Lipinski definition) is 1. The highest BCUT2D eigenvalue weighted by Crippen LogP contribution is 2.28. The van der Waals surface area contributed by atoms with Crippen LogP contribution in [0, 0.1) is 25.6 Å². The highest BCUT2D eigenvalue weighted by Gasteiger charge is 2.35. The average molecular weight is 422 g/mol. The zero-order valence-corrected chi connectivity index (χ0v) is 17.6. The number of hydrogen-bond acceptors (Lipinski definition) is 4. The summed E-state index contributed by atoms with van der Waals surface area (Å²) in [5, 5.41) is 7.02. The van der Waals surface area contributed by atoms with Crippen molar-refractivity contribution in [3.8, 4) is 11.4 Å². The van der Waals surface area contributed by atoms with Gasteiger partial charge in [0.05, 0.1) is 18.7 Å². The zero-order chi connectivity index (χ0) is 22.1. The molecule has 0 radical (unpaired) electrons. The number of anilines is 2. The second kappa shape index (κ2) is 8.22. The van der Waals surface area contributed by atoms with Crippen LogP contribution < -0.4 is 15.0 Å². The van der Waals surface area contributed by atoms with Gasteiger partial charge >= 0.3 is 0 Å². The minimum atomic E-state index is -0.520. The molecule has 2 aromatic carbocycles. The third-order valence-electron chi connectivity index (χ3n) is 5.33. The Bertz CT molecular complexity index is 1140. The summed E-state index contributed by atoms with van der Waals surface area (Å²) in [6.07, 6.45) is 0.101. The number of methoxy groups -OCH3 is 1. The van der Waals surface area contributed by atoms with E-state index in [1.54, 1.807) is 48.4 Å². The molecule has 1 N–H and O–H groups in total. The molecule has 0 aliphatic carbocycles. The van der Waals surface area contributed by atoms with Gasteiger partial charge in [-0.1, -0.05) is 0 Å². The summed E-state index contributed by atoms with van der Waals surface area (Å²) in [7, 11) is 1.57. The average Bonchev–Trinajstić information content (AvgIpc) is 3.29. The Labute approximate surface area is 179 Å². The topological polar surface area (TPSA) is 76.5 Å². The molecule has 2 amide bonds. The van der Waals surface area contributed by atoms with Crippen LogP contribution in [-0.2, 0) is 9.59 Å². The van der Waals surface area contributed by atoms with Crippen LogP contribution in [0.4, 0.5) is 15.8 Å². The van der Waals surface area contributed by atoms with Gasteiger partial charge in [0, 0.05) is 30.0 Å². The Hall–Kier alpha value is -3.68. The number of nitrogens with zero attached hydrogens (tertiary/aromatic N) is 3. The van der Waals surface area contributed by atoms with Gasteiger partial charge in [0.25, 0.3) is 0 Å². The molecule has 8 heteroatoms. The van der Waals surface area contributed by atoms with Gasteiger partial charge in [0.2, 0.25) is 11.8 Å². The molecule has 3 aromatic rings. The predicted octanol–water partition coefficient (Wildman–Crippen LogP) is 3.63. The summed E-state index contributed by atoms with van der Waals surface area (Å²) in [5.41, 5.74) is 2.97. The number of rotatable bonds is 5. The molecule has 2 heterocycles. The number of aryl methyl sites for hydroxylation is 2. The van der Waals surface area contributed by atoms with Crippen LogP contribution in [0.1, 0.15) is 17.8 Å². The first-order valence-corrected chi connectivity index (χ1v) is 9.94. The van der Waals surface area contributed by atoms with Gasteiger partial charge in [-0.25, -0.2) is 9.07 Å². The van der Waals surface area contributed by atoms with Crippen molar-refractivity contribution in [1.29, 1.82) is 0 Å². The number of aromatic nitrogens is 2. The molecular weight excluding hydrogens is 399 g/mol. The van der Waals surface area contributed by atoms with Crippen LogP contribution >= 0.6 is 0 Å². The third kappa shape index (κ3) is 4.14. The predicted molar refractivity (Wildman–Crippen MR) is 115 cm³/mol. The van der Waals surface area contributed by atoms with Gasteiger partial charge in [-0.2, -0.15) is 5.10 Å². The van der Waals surface area contributed by atoms with Crippen LogP contribution in [0.2, 0.25) is 0 Å². The number of nitrogens with one attached hydrogen (secondary N) is 1. The molecule has 4 rings (SSSR count). The maximum atomic E-state index is 14.7. The number of ether oxygens (including phenoxy) is 1. The SMILES string of the molecule is COc1ccc(N2CC(C(=O)Nc3ccc(-n4nc(C)cc4C)c(F)c3)CC2=O)cc1. The molecule has 1 aliphatic heterocycles. The fourth-order valence-electron chi connectivity index (χ4n) is 3.77. The van der Waals surface area contributed by atoms with Crippen molar-refractivity contribution in [2.24, 2.45) is 5.92 Å².